The number of hydrogen-bond acceptors (Lipinski definition) is 2. The van der Waals surface area contributed by atoms with Gasteiger partial charge >= 0.3 is 0 Å². The molecule has 1 heterocycles. The van der Waals surface area contributed by atoms with Crippen LogP contribution in [0.3, 0.4) is 0 Å². The second-order valence-corrected chi connectivity index (χ2v) is 4.92. The number of hydrogen-bond donors (Lipinski definition) is 0. The molecule has 113 valence electrons. The molecule has 0 saturated heterocycles. The molecule has 0 unspecified atom stereocenters. The minimum absolute atomic E-state index is 0. The predicted molar refractivity (Wildman–Crippen MR) is 77.4 cm³/mol. The zero-order valence-electron chi connectivity index (χ0n) is 11.6. The maximum atomic E-state index is 14.0. The minimum atomic E-state index is -0.552. The fourth-order valence-electron chi connectivity index (χ4n) is 2.65. The molecule has 0 spiro atoms. The molecule has 1 radical (unpaired) electrons. The van der Waals surface area contributed by atoms with Crippen LogP contribution in [-0.4, -0.2) is 13.2 Å². The van der Waals surface area contributed by atoms with E-state index >= 15 is 0 Å². The number of benzene rings is 2. The fourth-order valence-corrected chi connectivity index (χ4v) is 2.65. The van der Waals surface area contributed by atoms with E-state index in [0.29, 0.717) is 12.4 Å². The quantitative estimate of drug-likeness (QED) is 0.666. The molecule has 21 heavy (non-hydrogen) atoms. The first kappa shape index (κ1) is 15.9. The van der Waals surface area contributed by atoms with Crippen molar-refractivity contribution in [3.05, 3.63) is 54.1 Å². The van der Waals surface area contributed by atoms with Crippen LogP contribution in [0, 0.1) is 11.6 Å². The van der Waals surface area contributed by atoms with Gasteiger partial charge in [-0.2, -0.15) is 0 Å². The third-order valence-electron chi connectivity index (χ3n) is 3.52. The molecule has 0 fully saturated rings. The van der Waals surface area contributed by atoms with Crippen LogP contribution in [0.4, 0.5) is 25.8 Å². The Morgan fingerprint density at radius 1 is 1.00 bits per heavy atom. The summed E-state index contributed by atoms with van der Waals surface area (Å²) in [7, 11) is 0. The molecule has 5 heteroatoms. The van der Waals surface area contributed by atoms with Crippen LogP contribution in [-0.2, 0) is 20.1 Å². The standard InChI is InChI=1S/C16H16F2N2.Ir/c1-2-9-19-11-20(16-6-4-3-5-15(16)19)14-8-7-12(17)10-13(14)18;/h3-8,10H,2,9,11H2,1H3;. The molecule has 2 nitrogen and oxygen atoms in total. The molecule has 0 amide bonds. The van der Waals surface area contributed by atoms with Gasteiger partial charge < -0.3 is 9.80 Å². The van der Waals surface area contributed by atoms with Gasteiger partial charge in [0.05, 0.1) is 23.7 Å². The Labute approximate surface area is 136 Å². The van der Waals surface area contributed by atoms with E-state index in [1.54, 1.807) is 0 Å². The predicted octanol–water partition coefficient (Wildman–Crippen LogP) is 4.29. The first-order chi connectivity index (χ1) is 9.70. The number of halogens is 2. The molecule has 0 aromatic heterocycles. The van der Waals surface area contributed by atoms with Crippen molar-refractivity contribution in [2.45, 2.75) is 13.3 Å². The summed E-state index contributed by atoms with van der Waals surface area (Å²) in [6.45, 7) is 3.62. The number of para-hydroxylation sites is 2. The smallest absolute Gasteiger partial charge is 0.149 e. The second-order valence-electron chi connectivity index (χ2n) is 4.92. The van der Waals surface area contributed by atoms with Gasteiger partial charge in [-0.25, -0.2) is 8.78 Å². The summed E-state index contributed by atoms with van der Waals surface area (Å²) in [5.74, 6) is -1.08. The number of rotatable bonds is 3. The van der Waals surface area contributed by atoms with Gasteiger partial charge in [0, 0.05) is 32.7 Å². The summed E-state index contributed by atoms with van der Waals surface area (Å²) in [5, 5.41) is 0. The van der Waals surface area contributed by atoms with Gasteiger partial charge in [-0.1, -0.05) is 19.1 Å². The van der Waals surface area contributed by atoms with Gasteiger partial charge in [0.1, 0.15) is 11.6 Å². The maximum absolute atomic E-state index is 14.0. The van der Waals surface area contributed by atoms with E-state index in [1.807, 2.05) is 29.2 Å². The Kier molecular flexibility index (Phi) is 4.96. The number of nitrogens with zero attached hydrogens (tertiary/aromatic N) is 2. The van der Waals surface area contributed by atoms with Crippen molar-refractivity contribution in [1.82, 2.24) is 0 Å². The van der Waals surface area contributed by atoms with Crippen LogP contribution in [0.1, 0.15) is 13.3 Å². The maximum Gasteiger partial charge on any atom is 0.149 e. The normalized spacial score (nSPS) is 13.1. The van der Waals surface area contributed by atoms with E-state index in [4.69, 9.17) is 0 Å². The van der Waals surface area contributed by atoms with Gasteiger partial charge in [0.15, 0.2) is 0 Å². The minimum Gasteiger partial charge on any atom is -0.352 e. The fraction of sp³-hybridized carbons (Fsp3) is 0.250. The average Bonchev–Trinajstić information content (AvgIpc) is 2.79. The van der Waals surface area contributed by atoms with Crippen molar-refractivity contribution in [3.8, 4) is 0 Å². The van der Waals surface area contributed by atoms with E-state index < -0.39 is 11.6 Å². The number of anilines is 3. The van der Waals surface area contributed by atoms with Crippen molar-refractivity contribution >= 4 is 17.1 Å². The van der Waals surface area contributed by atoms with Crippen molar-refractivity contribution in [2.75, 3.05) is 23.0 Å². The molecule has 0 aliphatic carbocycles. The topological polar surface area (TPSA) is 6.48 Å². The Morgan fingerprint density at radius 2 is 1.71 bits per heavy atom. The van der Waals surface area contributed by atoms with Crippen molar-refractivity contribution in [1.29, 1.82) is 0 Å². The SMILES string of the molecule is CCCN1CN(c2ccc(F)cc2F)c2ccccc21.[Ir]. The van der Waals surface area contributed by atoms with Crippen LogP contribution in [0.5, 0.6) is 0 Å². The molecule has 1 aliphatic rings. The van der Waals surface area contributed by atoms with Gasteiger partial charge in [-0.3, -0.25) is 0 Å². The average molecular weight is 467 g/mol. The zero-order chi connectivity index (χ0) is 14.1. The molecular weight excluding hydrogens is 450 g/mol. The van der Waals surface area contributed by atoms with Gasteiger partial charge in [-0.15, -0.1) is 0 Å². The molecule has 0 atom stereocenters. The Hall–Kier alpha value is -1.45. The third kappa shape index (κ3) is 2.94. The molecule has 3 rings (SSSR count). The van der Waals surface area contributed by atoms with Crippen molar-refractivity contribution in [2.24, 2.45) is 0 Å². The zero-order valence-corrected chi connectivity index (χ0v) is 14.0. The first-order valence-electron chi connectivity index (χ1n) is 6.77. The van der Waals surface area contributed by atoms with Crippen LogP contribution < -0.4 is 9.80 Å². The van der Waals surface area contributed by atoms with E-state index in [2.05, 4.69) is 11.8 Å². The molecule has 0 saturated carbocycles. The van der Waals surface area contributed by atoms with Crippen LogP contribution in [0.15, 0.2) is 42.5 Å². The summed E-state index contributed by atoms with van der Waals surface area (Å²) in [5.41, 5.74) is 2.47. The monoisotopic (exact) mass is 467 g/mol. The summed E-state index contributed by atoms with van der Waals surface area (Å²) in [4.78, 5) is 4.10. The van der Waals surface area contributed by atoms with E-state index in [0.717, 1.165) is 30.4 Å². The molecule has 0 bridgehead atoms. The largest absolute Gasteiger partial charge is 0.352 e. The van der Waals surface area contributed by atoms with Gasteiger partial charge in [0.25, 0.3) is 0 Å². The molecule has 2 aromatic carbocycles. The first-order valence-corrected chi connectivity index (χ1v) is 6.77. The summed E-state index contributed by atoms with van der Waals surface area (Å²) >= 11 is 0. The Balaban J connectivity index is 0.00000161. The van der Waals surface area contributed by atoms with Crippen LogP contribution in [0.25, 0.3) is 0 Å². The summed E-state index contributed by atoms with van der Waals surface area (Å²) in [6.07, 6.45) is 1.02. The van der Waals surface area contributed by atoms with E-state index in [1.165, 1.54) is 12.1 Å². The summed E-state index contributed by atoms with van der Waals surface area (Å²) in [6, 6.07) is 11.6. The summed E-state index contributed by atoms with van der Waals surface area (Å²) < 4.78 is 27.1. The third-order valence-corrected chi connectivity index (χ3v) is 3.52. The van der Waals surface area contributed by atoms with Gasteiger partial charge in [-0.05, 0) is 30.7 Å². The van der Waals surface area contributed by atoms with Crippen LogP contribution >= 0.6 is 0 Å². The Bertz CT molecular complexity index is 633. The van der Waals surface area contributed by atoms with E-state index in [9.17, 15) is 8.78 Å². The molecular formula is C16H16F2IrN2. The van der Waals surface area contributed by atoms with Gasteiger partial charge in [0.2, 0.25) is 0 Å². The Morgan fingerprint density at radius 3 is 2.38 bits per heavy atom. The second kappa shape index (κ2) is 6.54. The van der Waals surface area contributed by atoms with Crippen molar-refractivity contribution < 1.29 is 28.9 Å². The molecule has 2 aromatic rings. The number of fused-ring (bicyclic) bond motifs is 1. The van der Waals surface area contributed by atoms with E-state index in [-0.39, 0.29) is 20.1 Å². The molecule has 0 N–H and O–H groups in total. The molecule has 1 aliphatic heterocycles. The van der Waals surface area contributed by atoms with Crippen LogP contribution in [0.2, 0.25) is 0 Å². The van der Waals surface area contributed by atoms with Crippen molar-refractivity contribution in [3.63, 3.8) is 0 Å².